The number of fused-ring (bicyclic) bond motifs is 2. The molecule has 4 aliphatic heterocycles. The molecule has 9 rings (SSSR count). The molecule has 5 aromatic rings. The maximum Gasteiger partial charge on any atom is 0.262 e. The summed E-state index contributed by atoms with van der Waals surface area (Å²) < 4.78 is 38.1. The Bertz CT molecular complexity index is 2620. The number of likely N-dealkylation sites (tertiary alicyclic amines) is 1. The first-order chi connectivity index (χ1) is 31.6. The molecule has 1 unspecified atom stereocenters. The molecule has 338 valence electrons. The van der Waals surface area contributed by atoms with E-state index in [1.165, 1.54) is 12.1 Å². The van der Waals surface area contributed by atoms with E-state index >= 15 is 8.78 Å². The minimum Gasteiger partial charge on any atom is -0.385 e. The summed E-state index contributed by atoms with van der Waals surface area (Å²) in [5, 5.41) is 10.2. The van der Waals surface area contributed by atoms with Gasteiger partial charge in [-0.3, -0.25) is 48.8 Å². The zero-order chi connectivity index (χ0) is 45.0. The van der Waals surface area contributed by atoms with E-state index in [9.17, 15) is 24.0 Å². The fourth-order valence-corrected chi connectivity index (χ4v) is 9.25. The molecule has 2 aromatic heterocycles. The second kappa shape index (κ2) is 19.3. The third kappa shape index (κ3) is 9.52. The number of hydrogen-bond donors (Lipinski definition) is 2. The van der Waals surface area contributed by atoms with Gasteiger partial charge in [0.15, 0.2) is 0 Å². The van der Waals surface area contributed by atoms with Gasteiger partial charge < -0.3 is 15.0 Å². The lowest BCUT2D eigenvalue weighted by atomic mass is 10.0. The summed E-state index contributed by atoms with van der Waals surface area (Å²) >= 11 is 0. The van der Waals surface area contributed by atoms with Crippen LogP contribution in [-0.2, 0) is 25.7 Å². The molecule has 17 heteroatoms. The molecule has 1 atom stereocenters. The van der Waals surface area contributed by atoms with Crippen LogP contribution < -0.4 is 10.6 Å². The molecule has 0 spiro atoms. The van der Waals surface area contributed by atoms with Crippen LogP contribution in [-0.4, -0.2) is 116 Å². The van der Waals surface area contributed by atoms with Crippen molar-refractivity contribution in [1.29, 1.82) is 0 Å². The standard InChI is InChI=1S/C48H51F2N9O6/c49-38-23-30(24-39(50)37(38)29-56-19-21-65-22-20-56)34-7-6-8-40-45(34)54-41(27-52-40)31-26-53-58(28-31)33-14-17-57(18-15-33)44(61)9-4-2-1-3-5-16-51-32-10-11-35-36(25-32)48(64)59(47(35)63)42-12-13-43(60)55-46(42)62/h6-8,10-11,23-28,33,42,51H,1-5,9,12-22,29H2,(H,55,60,62). The molecule has 5 amide bonds. The van der Waals surface area contributed by atoms with E-state index in [1.807, 2.05) is 26.7 Å². The third-order valence-electron chi connectivity index (χ3n) is 12.9. The van der Waals surface area contributed by atoms with Crippen molar-refractivity contribution >= 4 is 46.3 Å². The van der Waals surface area contributed by atoms with Crippen molar-refractivity contribution in [1.82, 2.24) is 39.8 Å². The van der Waals surface area contributed by atoms with Gasteiger partial charge in [-0.1, -0.05) is 31.4 Å². The molecular formula is C48H51F2N9O6. The number of halogens is 2. The fraction of sp³-hybridized carbons (Fsp3) is 0.417. The first-order valence-corrected chi connectivity index (χ1v) is 22.6. The second-order valence-electron chi connectivity index (χ2n) is 17.2. The molecular weight excluding hydrogens is 837 g/mol. The smallest absolute Gasteiger partial charge is 0.262 e. The maximum absolute atomic E-state index is 15.4. The van der Waals surface area contributed by atoms with Crippen LogP contribution in [0.1, 0.15) is 96.5 Å². The number of carbonyl (C=O) groups is 5. The quantitative estimate of drug-likeness (QED) is 0.0895. The van der Waals surface area contributed by atoms with Crippen LogP contribution in [0.4, 0.5) is 14.5 Å². The second-order valence-corrected chi connectivity index (χ2v) is 17.2. The topological polar surface area (TPSA) is 172 Å². The lowest BCUT2D eigenvalue weighted by molar-refractivity contribution is -0.136. The molecule has 3 aromatic carbocycles. The van der Waals surface area contributed by atoms with Gasteiger partial charge in [-0.25, -0.2) is 13.8 Å². The lowest BCUT2D eigenvalue weighted by Gasteiger charge is -2.32. The molecule has 4 aliphatic rings. The van der Waals surface area contributed by atoms with Crippen LogP contribution in [0, 0.1) is 11.6 Å². The van der Waals surface area contributed by atoms with E-state index in [1.54, 1.807) is 42.7 Å². The van der Waals surface area contributed by atoms with Crippen molar-refractivity contribution in [2.24, 2.45) is 0 Å². The number of piperidine rings is 2. The van der Waals surface area contributed by atoms with Crippen LogP contribution in [0.5, 0.6) is 0 Å². The highest BCUT2D eigenvalue weighted by Crippen LogP contribution is 2.33. The third-order valence-corrected chi connectivity index (χ3v) is 12.9. The van der Waals surface area contributed by atoms with Crippen molar-refractivity contribution < 1.29 is 37.5 Å². The van der Waals surface area contributed by atoms with Crippen molar-refractivity contribution in [2.45, 2.75) is 82.8 Å². The Morgan fingerprint density at radius 2 is 1.57 bits per heavy atom. The van der Waals surface area contributed by atoms with Crippen LogP contribution in [0.15, 0.2) is 67.1 Å². The Morgan fingerprint density at radius 3 is 2.35 bits per heavy atom. The van der Waals surface area contributed by atoms with Crippen molar-refractivity contribution in [3.8, 4) is 22.4 Å². The normalized spacial score (nSPS) is 18.4. The van der Waals surface area contributed by atoms with E-state index in [0.29, 0.717) is 85.9 Å². The maximum atomic E-state index is 15.4. The first-order valence-electron chi connectivity index (χ1n) is 22.6. The molecule has 0 bridgehead atoms. The molecule has 3 fully saturated rings. The molecule has 6 heterocycles. The number of nitrogens with one attached hydrogen (secondary N) is 2. The van der Waals surface area contributed by atoms with Gasteiger partial charge in [-0.2, -0.15) is 5.10 Å². The number of imide groups is 2. The molecule has 3 saturated heterocycles. The average molecular weight is 888 g/mol. The Kier molecular flexibility index (Phi) is 13.0. The number of nitrogens with zero attached hydrogens (tertiary/aromatic N) is 7. The number of aromatic nitrogens is 4. The molecule has 2 N–H and O–H groups in total. The highest BCUT2D eigenvalue weighted by Gasteiger charge is 2.44. The Hall–Kier alpha value is -6.46. The van der Waals surface area contributed by atoms with Gasteiger partial charge in [0, 0.05) is 80.7 Å². The number of carbonyl (C=O) groups excluding carboxylic acids is 5. The number of amides is 5. The predicted molar refractivity (Wildman–Crippen MR) is 236 cm³/mol. The number of para-hydroxylation sites is 1. The van der Waals surface area contributed by atoms with Gasteiger partial charge >= 0.3 is 0 Å². The average Bonchev–Trinajstić information content (AvgIpc) is 3.91. The van der Waals surface area contributed by atoms with E-state index < -0.39 is 41.3 Å². The predicted octanol–water partition coefficient (Wildman–Crippen LogP) is 6.29. The first kappa shape index (κ1) is 43.8. The summed E-state index contributed by atoms with van der Waals surface area (Å²) in [5.41, 5.74) is 4.75. The van der Waals surface area contributed by atoms with E-state index in [0.717, 1.165) is 55.4 Å². The lowest BCUT2D eigenvalue weighted by Crippen LogP contribution is -2.54. The number of anilines is 1. The van der Waals surface area contributed by atoms with Crippen LogP contribution in [0.25, 0.3) is 33.4 Å². The molecule has 0 saturated carbocycles. The summed E-state index contributed by atoms with van der Waals surface area (Å²) in [6, 6.07) is 12.3. The van der Waals surface area contributed by atoms with Gasteiger partial charge in [0.1, 0.15) is 17.7 Å². The Morgan fingerprint density at radius 1 is 0.815 bits per heavy atom. The van der Waals surface area contributed by atoms with Crippen molar-refractivity contribution in [3.05, 3.63) is 95.4 Å². The summed E-state index contributed by atoms with van der Waals surface area (Å²) in [4.78, 5) is 77.5. The van der Waals surface area contributed by atoms with Crippen LogP contribution in [0.3, 0.4) is 0 Å². The monoisotopic (exact) mass is 887 g/mol. The van der Waals surface area contributed by atoms with E-state index in [2.05, 4.69) is 20.7 Å². The van der Waals surface area contributed by atoms with Crippen LogP contribution >= 0.6 is 0 Å². The number of ether oxygens (including phenoxy) is 1. The number of unbranched alkanes of at least 4 members (excludes halogenated alkanes) is 4. The Labute approximate surface area is 374 Å². The fourth-order valence-electron chi connectivity index (χ4n) is 9.25. The van der Waals surface area contributed by atoms with Gasteiger partial charge in [0.05, 0.1) is 59.5 Å². The minimum atomic E-state index is -0.994. The van der Waals surface area contributed by atoms with E-state index in [4.69, 9.17) is 9.72 Å². The minimum absolute atomic E-state index is 0.0428. The van der Waals surface area contributed by atoms with Crippen molar-refractivity contribution in [2.75, 3.05) is 51.3 Å². The molecule has 65 heavy (non-hydrogen) atoms. The number of morpholine rings is 1. The molecule has 0 aliphatic carbocycles. The SMILES string of the molecule is O=C1CCC(N2C(=O)c3ccc(NCCCCCCCC(=O)N4CCC(n5cc(-c6cnc7cccc(-c8cc(F)c(CN9CCOCC9)c(F)c8)c7n6)cn5)CC4)cc3C2=O)C(=O)N1. The number of hydrogen-bond acceptors (Lipinski definition) is 11. The highest BCUT2D eigenvalue weighted by atomic mass is 19.1. The number of rotatable bonds is 15. The van der Waals surface area contributed by atoms with Crippen LogP contribution in [0.2, 0.25) is 0 Å². The summed E-state index contributed by atoms with van der Waals surface area (Å²) in [6.07, 6.45) is 12.2. The summed E-state index contributed by atoms with van der Waals surface area (Å²) in [5.74, 6) is -3.12. The van der Waals surface area contributed by atoms with Gasteiger partial charge in [0.2, 0.25) is 17.7 Å². The summed E-state index contributed by atoms with van der Waals surface area (Å²) in [6.45, 7) is 4.50. The Balaban J connectivity index is 0.705. The van der Waals surface area contributed by atoms with Gasteiger partial charge in [-0.15, -0.1) is 0 Å². The zero-order valence-electron chi connectivity index (χ0n) is 36.1. The number of benzene rings is 3. The molecule has 0 radical (unpaired) electrons. The molecule has 15 nitrogen and oxygen atoms in total. The van der Waals surface area contributed by atoms with Gasteiger partial charge in [-0.05, 0) is 74.1 Å². The van der Waals surface area contributed by atoms with Gasteiger partial charge in [0.25, 0.3) is 11.8 Å². The van der Waals surface area contributed by atoms with E-state index in [-0.39, 0.29) is 48.0 Å². The van der Waals surface area contributed by atoms with Crippen molar-refractivity contribution in [3.63, 3.8) is 0 Å². The largest absolute Gasteiger partial charge is 0.385 e. The highest BCUT2D eigenvalue weighted by molar-refractivity contribution is 6.23. The summed E-state index contributed by atoms with van der Waals surface area (Å²) in [7, 11) is 0. The zero-order valence-corrected chi connectivity index (χ0v) is 36.1.